The minimum absolute atomic E-state index is 0.128. The number of hydrogen-bond donors (Lipinski definition) is 1. The van der Waals surface area contributed by atoms with Gasteiger partial charge in [-0.1, -0.05) is 0 Å². The van der Waals surface area contributed by atoms with Crippen molar-refractivity contribution in [3.8, 4) is 0 Å². The molecule has 1 fully saturated rings. The van der Waals surface area contributed by atoms with E-state index in [0.29, 0.717) is 26.1 Å². The Morgan fingerprint density at radius 2 is 2.30 bits per heavy atom. The fourth-order valence-corrected chi connectivity index (χ4v) is 2.49. The number of nitrogens with zero attached hydrogens (tertiary/aromatic N) is 2. The SMILES string of the molecule is Cc1occc1CN(C)C(=O)N1CCC[C@H](C(=O)O)C1. The Balaban J connectivity index is 1.96. The van der Waals surface area contributed by atoms with E-state index in [4.69, 9.17) is 9.52 Å². The molecule has 0 aromatic carbocycles. The predicted octanol–water partition coefficient (Wildman–Crippen LogP) is 1.94. The Labute approximate surface area is 118 Å². The van der Waals surface area contributed by atoms with Crippen molar-refractivity contribution in [2.75, 3.05) is 20.1 Å². The standard InChI is InChI=1S/C14H20N2O4/c1-10-11(5-7-20-10)8-15(2)14(19)16-6-3-4-12(9-16)13(17)18/h5,7,12H,3-4,6,8-9H2,1-2H3,(H,17,18)/t12-/m0/s1. The third-order valence-corrected chi connectivity index (χ3v) is 3.74. The molecule has 6 nitrogen and oxygen atoms in total. The van der Waals surface area contributed by atoms with Crippen LogP contribution in [0.3, 0.4) is 0 Å². The molecular formula is C14H20N2O4. The number of urea groups is 1. The molecule has 0 saturated carbocycles. The largest absolute Gasteiger partial charge is 0.481 e. The molecule has 1 N–H and O–H groups in total. The molecule has 1 saturated heterocycles. The molecule has 2 rings (SSSR count). The molecule has 1 aliphatic rings. The van der Waals surface area contributed by atoms with Crippen molar-refractivity contribution >= 4 is 12.0 Å². The summed E-state index contributed by atoms with van der Waals surface area (Å²) in [6.45, 7) is 3.24. The number of piperidine rings is 1. The topological polar surface area (TPSA) is 74.0 Å². The smallest absolute Gasteiger partial charge is 0.320 e. The highest BCUT2D eigenvalue weighted by atomic mass is 16.4. The van der Waals surface area contributed by atoms with Crippen LogP contribution in [0.1, 0.15) is 24.2 Å². The van der Waals surface area contributed by atoms with E-state index in [2.05, 4.69) is 0 Å². The van der Waals surface area contributed by atoms with Gasteiger partial charge in [-0.25, -0.2) is 4.79 Å². The molecule has 2 heterocycles. The highest BCUT2D eigenvalue weighted by molar-refractivity contribution is 5.76. The molecule has 2 amide bonds. The summed E-state index contributed by atoms with van der Waals surface area (Å²) < 4.78 is 5.21. The fraction of sp³-hybridized carbons (Fsp3) is 0.571. The quantitative estimate of drug-likeness (QED) is 0.918. The van der Waals surface area contributed by atoms with E-state index < -0.39 is 11.9 Å². The van der Waals surface area contributed by atoms with Crippen LogP contribution in [-0.4, -0.2) is 47.0 Å². The average Bonchev–Trinajstić information content (AvgIpc) is 2.83. The van der Waals surface area contributed by atoms with Gasteiger partial charge in [-0.15, -0.1) is 0 Å². The van der Waals surface area contributed by atoms with E-state index in [1.54, 1.807) is 23.1 Å². The van der Waals surface area contributed by atoms with Gasteiger partial charge in [0.25, 0.3) is 0 Å². The maximum atomic E-state index is 12.3. The van der Waals surface area contributed by atoms with E-state index in [1.807, 2.05) is 13.0 Å². The molecule has 1 atom stereocenters. The second-order valence-corrected chi connectivity index (χ2v) is 5.26. The Hall–Kier alpha value is -1.98. The van der Waals surface area contributed by atoms with Crippen LogP contribution in [-0.2, 0) is 11.3 Å². The molecule has 1 aliphatic heterocycles. The maximum absolute atomic E-state index is 12.3. The van der Waals surface area contributed by atoms with E-state index in [9.17, 15) is 9.59 Å². The van der Waals surface area contributed by atoms with Crippen LogP contribution in [0.15, 0.2) is 16.7 Å². The van der Waals surface area contributed by atoms with Crippen molar-refractivity contribution in [1.29, 1.82) is 0 Å². The number of aryl methyl sites for hydroxylation is 1. The van der Waals surface area contributed by atoms with Gasteiger partial charge in [0, 0.05) is 25.7 Å². The van der Waals surface area contributed by atoms with Crippen molar-refractivity contribution in [3.05, 3.63) is 23.7 Å². The molecule has 0 spiro atoms. The predicted molar refractivity (Wildman–Crippen MR) is 72.2 cm³/mol. The lowest BCUT2D eigenvalue weighted by Crippen LogP contribution is -2.47. The van der Waals surface area contributed by atoms with Crippen LogP contribution in [0.5, 0.6) is 0 Å². The normalized spacial score (nSPS) is 18.9. The van der Waals surface area contributed by atoms with Crippen LogP contribution in [0, 0.1) is 12.8 Å². The number of rotatable bonds is 3. The molecule has 1 aromatic rings. The maximum Gasteiger partial charge on any atom is 0.320 e. The van der Waals surface area contributed by atoms with Gasteiger partial charge in [0.05, 0.1) is 18.7 Å². The summed E-state index contributed by atoms with van der Waals surface area (Å²) in [6.07, 6.45) is 2.98. The van der Waals surface area contributed by atoms with Gasteiger partial charge in [-0.05, 0) is 25.8 Å². The van der Waals surface area contributed by atoms with Crippen molar-refractivity contribution in [3.63, 3.8) is 0 Å². The Kier molecular flexibility index (Phi) is 4.32. The Bertz CT molecular complexity index is 497. The Morgan fingerprint density at radius 1 is 1.55 bits per heavy atom. The van der Waals surface area contributed by atoms with Gasteiger partial charge in [0.2, 0.25) is 0 Å². The van der Waals surface area contributed by atoms with Gasteiger partial charge in [-0.3, -0.25) is 4.79 Å². The van der Waals surface area contributed by atoms with Crippen molar-refractivity contribution in [1.82, 2.24) is 9.80 Å². The lowest BCUT2D eigenvalue weighted by molar-refractivity contribution is -0.143. The molecule has 110 valence electrons. The molecule has 0 aliphatic carbocycles. The minimum atomic E-state index is -0.823. The first-order valence-electron chi connectivity index (χ1n) is 6.75. The van der Waals surface area contributed by atoms with E-state index in [0.717, 1.165) is 17.7 Å². The van der Waals surface area contributed by atoms with Crippen molar-refractivity contribution in [2.24, 2.45) is 5.92 Å². The monoisotopic (exact) mass is 280 g/mol. The summed E-state index contributed by atoms with van der Waals surface area (Å²) in [5.74, 6) is -0.473. The summed E-state index contributed by atoms with van der Waals surface area (Å²) in [5.41, 5.74) is 0.965. The summed E-state index contributed by atoms with van der Waals surface area (Å²) in [5, 5.41) is 9.06. The van der Waals surface area contributed by atoms with Crippen LogP contribution < -0.4 is 0 Å². The van der Waals surface area contributed by atoms with E-state index in [1.165, 1.54) is 0 Å². The van der Waals surface area contributed by atoms with Crippen LogP contribution >= 0.6 is 0 Å². The van der Waals surface area contributed by atoms with Crippen LogP contribution in [0.4, 0.5) is 4.79 Å². The van der Waals surface area contributed by atoms with Gasteiger partial charge in [0.15, 0.2) is 0 Å². The highest BCUT2D eigenvalue weighted by Crippen LogP contribution is 2.19. The third-order valence-electron chi connectivity index (χ3n) is 3.74. The van der Waals surface area contributed by atoms with E-state index >= 15 is 0 Å². The molecule has 6 heteroatoms. The average molecular weight is 280 g/mol. The van der Waals surface area contributed by atoms with Gasteiger partial charge >= 0.3 is 12.0 Å². The molecular weight excluding hydrogens is 260 g/mol. The zero-order chi connectivity index (χ0) is 14.7. The number of amides is 2. The Morgan fingerprint density at radius 3 is 2.90 bits per heavy atom. The number of carbonyl (C=O) groups is 2. The second-order valence-electron chi connectivity index (χ2n) is 5.26. The van der Waals surface area contributed by atoms with Crippen LogP contribution in [0.25, 0.3) is 0 Å². The number of hydrogen-bond acceptors (Lipinski definition) is 3. The number of aliphatic carboxylic acids is 1. The first-order chi connectivity index (χ1) is 9.49. The minimum Gasteiger partial charge on any atom is -0.481 e. The zero-order valence-electron chi connectivity index (χ0n) is 11.8. The molecule has 20 heavy (non-hydrogen) atoms. The third kappa shape index (κ3) is 3.12. The van der Waals surface area contributed by atoms with Gasteiger partial charge < -0.3 is 19.3 Å². The van der Waals surface area contributed by atoms with E-state index in [-0.39, 0.29) is 6.03 Å². The van der Waals surface area contributed by atoms with Crippen molar-refractivity contribution in [2.45, 2.75) is 26.3 Å². The summed E-state index contributed by atoms with van der Waals surface area (Å²) >= 11 is 0. The molecule has 0 bridgehead atoms. The summed E-state index contributed by atoms with van der Waals surface area (Å²) in [7, 11) is 1.72. The number of carboxylic acids is 1. The number of carboxylic acid groups (broad SMARTS) is 1. The zero-order valence-corrected chi connectivity index (χ0v) is 11.8. The number of carbonyl (C=O) groups excluding carboxylic acids is 1. The first-order valence-corrected chi connectivity index (χ1v) is 6.75. The molecule has 0 unspecified atom stereocenters. The molecule has 1 aromatic heterocycles. The lowest BCUT2D eigenvalue weighted by Gasteiger charge is -2.33. The van der Waals surface area contributed by atoms with Crippen LogP contribution in [0.2, 0.25) is 0 Å². The second kappa shape index (κ2) is 5.98. The lowest BCUT2D eigenvalue weighted by atomic mass is 9.99. The summed E-state index contributed by atoms with van der Waals surface area (Å²) in [6, 6.07) is 1.71. The first kappa shape index (κ1) is 14.4. The number of likely N-dealkylation sites (tertiary alicyclic amines) is 1. The fourth-order valence-electron chi connectivity index (χ4n) is 2.49. The molecule has 0 radical (unpaired) electrons. The van der Waals surface area contributed by atoms with Crippen molar-refractivity contribution < 1.29 is 19.1 Å². The highest BCUT2D eigenvalue weighted by Gasteiger charge is 2.29. The van der Waals surface area contributed by atoms with Gasteiger partial charge in [0.1, 0.15) is 5.76 Å². The van der Waals surface area contributed by atoms with Gasteiger partial charge in [-0.2, -0.15) is 0 Å². The summed E-state index contributed by atoms with van der Waals surface area (Å²) in [4.78, 5) is 26.6. The number of furan rings is 1.